The first-order valence-electron chi connectivity index (χ1n) is 6.95. The molecule has 1 aromatic carbocycles. The maximum atomic E-state index is 5.50. The Hall–Kier alpha value is -0.263. The molecule has 0 aliphatic carbocycles. The molecule has 1 saturated heterocycles. The molecule has 2 rings (SSSR count). The summed E-state index contributed by atoms with van der Waals surface area (Å²) in [6.45, 7) is 7.40. The molecule has 0 aromatic heterocycles. The molecule has 1 fully saturated rings. The third-order valence-corrected chi connectivity index (χ3v) is 13.4. The standard InChI is InChI=1S/C15H24O2S2Si/c1-16-13-8-7-12(11-14(13)17-2)15(20(3,4)5)18-9-6-10-19-15/h7-8,11H,6,9-10H2,1-5H3. The molecule has 1 aliphatic rings. The largest absolute Gasteiger partial charge is 0.493 e. The molecule has 1 heterocycles. The lowest BCUT2D eigenvalue weighted by Crippen LogP contribution is -2.46. The Morgan fingerprint density at radius 3 is 2.10 bits per heavy atom. The third-order valence-electron chi connectivity index (χ3n) is 3.65. The predicted molar refractivity (Wildman–Crippen MR) is 94.1 cm³/mol. The maximum absolute atomic E-state index is 5.50. The first-order chi connectivity index (χ1) is 9.44. The molecular formula is C15H24O2S2Si. The van der Waals surface area contributed by atoms with Gasteiger partial charge in [-0.2, -0.15) is 0 Å². The number of methoxy groups -OCH3 is 2. The molecule has 0 unspecified atom stereocenters. The van der Waals surface area contributed by atoms with Crippen molar-refractivity contribution >= 4 is 31.6 Å². The van der Waals surface area contributed by atoms with Crippen LogP contribution < -0.4 is 9.47 Å². The minimum absolute atomic E-state index is 0.227. The van der Waals surface area contributed by atoms with Crippen LogP contribution in [0.2, 0.25) is 19.6 Å². The van der Waals surface area contributed by atoms with Crippen molar-refractivity contribution in [2.24, 2.45) is 0 Å². The van der Waals surface area contributed by atoms with Gasteiger partial charge in [-0.1, -0.05) is 25.7 Å². The van der Waals surface area contributed by atoms with Crippen molar-refractivity contribution in [3.05, 3.63) is 23.8 Å². The highest BCUT2D eigenvalue weighted by Gasteiger charge is 2.47. The summed E-state index contributed by atoms with van der Waals surface area (Å²) in [4.78, 5) is 0. The van der Waals surface area contributed by atoms with E-state index in [0.717, 1.165) is 11.5 Å². The van der Waals surface area contributed by atoms with Crippen LogP contribution in [0.1, 0.15) is 12.0 Å². The predicted octanol–water partition coefficient (Wildman–Crippen LogP) is 4.60. The summed E-state index contributed by atoms with van der Waals surface area (Å²) in [7, 11) is 2.02. The first kappa shape index (κ1) is 16.1. The van der Waals surface area contributed by atoms with Gasteiger partial charge in [-0.3, -0.25) is 0 Å². The number of hydrogen-bond acceptors (Lipinski definition) is 4. The molecule has 0 atom stereocenters. The summed E-state index contributed by atoms with van der Waals surface area (Å²) in [5.74, 6) is 4.17. The summed E-state index contributed by atoms with van der Waals surface area (Å²) < 4.78 is 11.1. The fourth-order valence-corrected chi connectivity index (χ4v) is 10.5. The van der Waals surface area contributed by atoms with Gasteiger partial charge in [0.15, 0.2) is 11.5 Å². The van der Waals surface area contributed by atoms with Crippen LogP contribution in [0.4, 0.5) is 0 Å². The van der Waals surface area contributed by atoms with Crippen LogP contribution in [0.5, 0.6) is 11.5 Å². The second-order valence-corrected chi connectivity index (χ2v) is 14.8. The average Bonchev–Trinajstić information content (AvgIpc) is 2.46. The van der Waals surface area contributed by atoms with Crippen molar-refractivity contribution in [1.82, 2.24) is 0 Å². The van der Waals surface area contributed by atoms with Gasteiger partial charge in [0.25, 0.3) is 0 Å². The molecule has 2 nitrogen and oxygen atoms in total. The number of benzene rings is 1. The van der Waals surface area contributed by atoms with Crippen LogP contribution in [0.3, 0.4) is 0 Å². The van der Waals surface area contributed by atoms with Gasteiger partial charge in [-0.05, 0) is 35.6 Å². The summed E-state index contributed by atoms with van der Waals surface area (Å²) in [5, 5.41) is 0. The van der Waals surface area contributed by atoms with Crippen molar-refractivity contribution in [2.45, 2.75) is 29.8 Å². The molecule has 0 spiro atoms. The minimum Gasteiger partial charge on any atom is -0.493 e. The molecule has 20 heavy (non-hydrogen) atoms. The van der Waals surface area contributed by atoms with Crippen LogP contribution in [0.15, 0.2) is 18.2 Å². The van der Waals surface area contributed by atoms with Crippen LogP contribution in [0, 0.1) is 0 Å². The first-order valence-corrected chi connectivity index (χ1v) is 12.4. The lowest BCUT2D eigenvalue weighted by molar-refractivity contribution is 0.354. The van der Waals surface area contributed by atoms with E-state index in [4.69, 9.17) is 9.47 Å². The number of ether oxygens (including phenoxy) is 2. The fourth-order valence-electron chi connectivity index (χ4n) is 2.61. The molecule has 112 valence electrons. The Labute approximate surface area is 132 Å². The van der Waals surface area contributed by atoms with Crippen LogP contribution >= 0.6 is 23.5 Å². The van der Waals surface area contributed by atoms with E-state index in [9.17, 15) is 0 Å². The molecule has 5 heteroatoms. The summed E-state index contributed by atoms with van der Waals surface area (Å²) in [6, 6.07) is 6.46. The number of thioether (sulfide) groups is 2. The third kappa shape index (κ3) is 2.85. The Bertz CT molecular complexity index is 465. The molecule has 0 N–H and O–H groups in total. The van der Waals surface area contributed by atoms with Crippen LogP contribution in [-0.4, -0.2) is 33.8 Å². The Morgan fingerprint density at radius 1 is 1.00 bits per heavy atom. The van der Waals surface area contributed by atoms with E-state index in [2.05, 4.69) is 55.3 Å². The van der Waals surface area contributed by atoms with Crippen LogP contribution in [-0.2, 0) is 3.70 Å². The topological polar surface area (TPSA) is 18.5 Å². The van der Waals surface area contributed by atoms with E-state index < -0.39 is 8.07 Å². The van der Waals surface area contributed by atoms with Gasteiger partial charge in [-0.25, -0.2) is 0 Å². The van der Waals surface area contributed by atoms with E-state index in [-0.39, 0.29) is 3.70 Å². The van der Waals surface area contributed by atoms with Crippen molar-refractivity contribution in [2.75, 3.05) is 25.7 Å². The molecule has 1 aliphatic heterocycles. The summed E-state index contributed by atoms with van der Waals surface area (Å²) in [6.07, 6.45) is 1.31. The van der Waals surface area contributed by atoms with Gasteiger partial charge in [0.1, 0.15) is 0 Å². The van der Waals surface area contributed by atoms with Crippen molar-refractivity contribution in [3.63, 3.8) is 0 Å². The highest BCUT2D eigenvalue weighted by molar-refractivity contribution is 8.20. The summed E-state index contributed by atoms with van der Waals surface area (Å²) in [5.41, 5.74) is 1.39. The zero-order valence-corrected chi connectivity index (χ0v) is 15.6. The SMILES string of the molecule is COc1ccc(C2([Si](C)(C)C)SCCCS2)cc1OC. The Morgan fingerprint density at radius 2 is 1.60 bits per heavy atom. The van der Waals surface area contributed by atoms with Gasteiger partial charge in [-0.15, -0.1) is 23.5 Å². The van der Waals surface area contributed by atoms with Gasteiger partial charge < -0.3 is 9.47 Å². The minimum atomic E-state index is -1.38. The fraction of sp³-hybridized carbons (Fsp3) is 0.600. The van der Waals surface area contributed by atoms with E-state index in [0.29, 0.717) is 0 Å². The number of hydrogen-bond donors (Lipinski definition) is 0. The van der Waals surface area contributed by atoms with Crippen molar-refractivity contribution < 1.29 is 9.47 Å². The van der Waals surface area contributed by atoms with Gasteiger partial charge in [0.2, 0.25) is 0 Å². The van der Waals surface area contributed by atoms with E-state index >= 15 is 0 Å². The normalized spacial score (nSPS) is 18.6. The molecular weight excluding hydrogens is 304 g/mol. The van der Waals surface area contributed by atoms with Gasteiger partial charge >= 0.3 is 0 Å². The highest BCUT2D eigenvalue weighted by atomic mass is 32.2. The molecule has 0 saturated carbocycles. The molecule has 0 bridgehead atoms. The maximum Gasteiger partial charge on any atom is 0.161 e. The Balaban J connectivity index is 2.49. The number of rotatable bonds is 4. The molecule has 0 radical (unpaired) electrons. The van der Waals surface area contributed by atoms with E-state index in [1.54, 1.807) is 14.2 Å². The van der Waals surface area contributed by atoms with Crippen molar-refractivity contribution in [3.8, 4) is 11.5 Å². The zero-order chi connectivity index (χ0) is 14.8. The molecule has 0 amide bonds. The Kier molecular flexibility index (Phi) is 5.03. The quantitative estimate of drug-likeness (QED) is 0.751. The average molecular weight is 329 g/mol. The monoisotopic (exact) mass is 328 g/mol. The van der Waals surface area contributed by atoms with Crippen LogP contribution in [0.25, 0.3) is 0 Å². The lowest BCUT2D eigenvalue weighted by Gasteiger charge is -2.45. The second-order valence-electron chi connectivity index (χ2n) is 5.99. The molecule has 1 aromatic rings. The van der Waals surface area contributed by atoms with Gasteiger partial charge in [0, 0.05) is 0 Å². The van der Waals surface area contributed by atoms with E-state index in [1.165, 1.54) is 23.5 Å². The second kappa shape index (κ2) is 6.24. The lowest BCUT2D eigenvalue weighted by atomic mass is 10.2. The van der Waals surface area contributed by atoms with Crippen molar-refractivity contribution in [1.29, 1.82) is 0 Å². The van der Waals surface area contributed by atoms with Gasteiger partial charge in [0.05, 0.1) is 26.0 Å². The smallest absolute Gasteiger partial charge is 0.161 e. The zero-order valence-electron chi connectivity index (χ0n) is 13.0. The highest BCUT2D eigenvalue weighted by Crippen LogP contribution is 2.56. The summed E-state index contributed by atoms with van der Waals surface area (Å²) >= 11 is 4.26. The van der Waals surface area contributed by atoms with E-state index in [1.807, 2.05) is 6.07 Å².